The molecule has 0 aliphatic rings. The maximum atomic E-state index is 12.2. The minimum atomic E-state index is -0.00396. The zero-order chi connectivity index (χ0) is 13.7. The van der Waals surface area contributed by atoms with Crippen molar-refractivity contribution in [2.45, 2.75) is 26.9 Å². The molecule has 0 radical (unpaired) electrons. The first-order valence-electron chi connectivity index (χ1n) is 6.09. The molecule has 0 aliphatic carbocycles. The average Bonchev–Trinajstić information content (AvgIpc) is 2.28. The lowest BCUT2D eigenvalue weighted by molar-refractivity contribution is 0.0436. The van der Waals surface area contributed by atoms with E-state index in [1.54, 1.807) is 30.1 Å². The van der Waals surface area contributed by atoms with E-state index in [9.17, 15) is 4.79 Å². The fraction of sp³-hybridized carbons (Fsp3) is 0.500. The van der Waals surface area contributed by atoms with Crippen LogP contribution < -0.4 is 0 Å². The molecule has 0 bridgehead atoms. The Balaban J connectivity index is 2.74. The molecule has 1 atom stereocenters. The summed E-state index contributed by atoms with van der Waals surface area (Å²) in [5.41, 5.74) is 1.58. The monoisotopic (exact) mass is 269 g/mol. The number of halogens is 1. The van der Waals surface area contributed by atoms with Gasteiger partial charge in [-0.25, -0.2) is 0 Å². The van der Waals surface area contributed by atoms with Crippen molar-refractivity contribution in [3.05, 3.63) is 34.3 Å². The highest BCUT2D eigenvalue weighted by atomic mass is 35.5. The lowest BCUT2D eigenvalue weighted by Crippen LogP contribution is -2.34. The quantitative estimate of drug-likeness (QED) is 0.822. The first-order chi connectivity index (χ1) is 8.45. The molecule has 1 aromatic carbocycles. The smallest absolute Gasteiger partial charge is 0.253 e. The van der Waals surface area contributed by atoms with Gasteiger partial charge in [0.15, 0.2) is 0 Å². The van der Waals surface area contributed by atoms with Crippen LogP contribution in [0.25, 0.3) is 0 Å². The van der Waals surface area contributed by atoms with Crippen molar-refractivity contribution in [1.82, 2.24) is 4.90 Å². The van der Waals surface area contributed by atoms with E-state index in [2.05, 4.69) is 0 Å². The van der Waals surface area contributed by atoms with Crippen LogP contribution in [0.3, 0.4) is 0 Å². The molecule has 18 heavy (non-hydrogen) atoms. The van der Waals surface area contributed by atoms with Crippen LogP contribution in [0, 0.1) is 6.92 Å². The van der Waals surface area contributed by atoms with Crippen molar-refractivity contribution >= 4 is 17.5 Å². The van der Waals surface area contributed by atoms with Gasteiger partial charge < -0.3 is 9.64 Å². The van der Waals surface area contributed by atoms with Crippen LogP contribution in [0.4, 0.5) is 0 Å². The maximum Gasteiger partial charge on any atom is 0.253 e. The Hall–Kier alpha value is -1.06. The zero-order valence-electron chi connectivity index (χ0n) is 11.4. The molecule has 0 aromatic heterocycles. The van der Waals surface area contributed by atoms with Gasteiger partial charge in [0.1, 0.15) is 0 Å². The summed E-state index contributed by atoms with van der Waals surface area (Å²) in [4.78, 5) is 13.9. The van der Waals surface area contributed by atoms with Gasteiger partial charge in [-0.05, 0) is 44.5 Å². The lowest BCUT2D eigenvalue weighted by Gasteiger charge is -2.22. The van der Waals surface area contributed by atoms with E-state index < -0.39 is 0 Å². The Morgan fingerprint density at radius 1 is 1.50 bits per heavy atom. The fourth-order valence-corrected chi connectivity index (χ4v) is 2.11. The Morgan fingerprint density at radius 2 is 2.17 bits per heavy atom. The van der Waals surface area contributed by atoms with Crippen molar-refractivity contribution in [1.29, 1.82) is 0 Å². The Kier molecular flexibility index (Phi) is 5.63. The van der Waals surface area contributed by atoms with Crippen molar-refractivity contribution in [3.8, 4) is 0 Å². The highest BCUT2D eigenvalue weighted by Crippen LogP contribution is 2.16. The second-order valence-corrected chi connectivity index (χ2v) is 4.85. The molecular formula is C14H20ClNO2. The van der Waals surface area contributed by atoms with E-state index in [1.165, 1.54) is 0 Å². The third-order valence-corrected chi connectivity index (χ3v) is 2.98. The highest BCUT2D eigenvalue weighted by Gasteiger charge is 2.16. The molecule has 0 fully saturated rings. The predicted molar refractivity (Wildman–Crippen MR) is 74.2 cm³/mol. The number of ether oxygens (including phenoxy) is 1. The topological polar surface area (TPSA) is 29.5 Å². The van der Waals surface area contributed by atoms with Crippen LogP contribution in [0.5, 0.6) is 0 Å². The van der Waals surface area contributed by atoms with Gasteiger partial charge in [0.05, 0.1) is 6.10 Å². The second-order valence-electron chi connectivity index (χ2n) is 4.41. The van der Waals surface area contributed by atoms with E-state index in [0.717, 1.165) is 5.56 Å². The van der Waals surface area contributed by atoms with E-state index in [0.29, 0.717) is 23.7 Å². The molecule has 0 spiro atoms. The number of rotatable bonds is 5. The first-order valence-corrected chi connectivity index (χ1v) is 6.46. The lowest BCUT2D eigenvalue weighted by atomic mass is 10.1. The molecule has 0 N–H and O–H groups in total. The third-order valence-electron chi connectivity index (χ3n) is 2.75. The molecule has 1 rings (SSSR count). The van der Waals surface area contributed by atoms with Gasteiger partial charge in [-0.3, -0.25) is 4.79 Å². The summed E-state index contributed by atoms with van der Waals surface area (Å²) in [6.07, 6.45) is 0.0385. The zero-order valence-corrected chi connectivity index (χ0v) is 12.1. The molecule has 1 aromatic rings. The van der Waals surface area contributed by atoms with E-state index >= 15 is 0 Å². The van der Waals surface area contributed by atoms with Gasteiger partial charge in [0, 0.05) is 30.8 Å². The van der Waals surface area contributed by atoms with Crippen LogP contribution in [0.15, 0.2) is 18.2 Å². The number of benzene rings is 1. The number of nitrogens with zero attached hydrogens (tertiary/aromatic N) is 1. The normalized spacial score (nSPS) is 12.3. The molecule has 0 saturated carbocycles. The maximum absolute atomic E-state index is 12.2. The van der Waals surface area contributed by atoms with E-state index in [4.69, 9.17) is 16.3 Å². The van der Waals surface area contributed by atoms with Gasteiger partial charge in [-0.2, -0.15) is 0 Å². The summed E-state index contributed by atoms with van der Waals surface area (Å²) in [6, 6.07) is 5.30. The van der Waals surface area contributed by atoms with Crippen LogP contribution in [0.1, 0.15) is 29.8 Å². The molecule has 3 nitrogen and oxygen atoms in total. The molecule has 0 unspecified atom stereocenters. The van der Waals surface area contributed by atoms with Gasteiger partial charge >= 0.3 is 0 Å². The molecule has 0 heterocycles. The average molecular weight is 270 g/mol. The number of hydrogen-bond acceptors (Lipinski definition) is 2. The van der Waals surface area contributed by atoms with E-state index in [-0.39, 0.29) is 12.0 Å². The van der Waals surface area contributed by atoms with Crippen molar-refractivity contribution in [2.24, 2.45) is 0 Å². The fourth-order valence-electron chi connectivity index (χ4n) is 1.88. The number of carbonyl (C=O) groups is 1. The number of amides is 1. The second kappa shape index (κ2) is 6.76. The third kappa shape index (κ3) is 4.00. The van der Waals surface area contributed by atoms with Crippen molar-refractivity contribution in [2.75, 3.05) is 20.2 Å². The van der Waals surface area contributed by atoms with E-state index in [1.807, 2.05) is 20.8 Å². The van der Waals surface area contributed by atoms with Gasteiger partial charge in [-0.1, -0.05) is 11.6 Å². The minimum absolute atomic E-state index is 0.00396. The van der Waals surface area contributed by atoms with Crippen LogP contribution in [0.2, 0.25) is 5.02 Å². The standard InChI is InChI=1S/C14H20ClNO2/c1-5-18-11(3)9-16(4)14(17)13-7-6-12(15)8-10(13)2/h6-8,11H,5,9H2,1-4H3/t11-/m0/s1. The van der Waals surface area contributed by atoms with Gasteiger partial charge in [-0.15, -0.1) is 0 Å². The number of likely N-dealkylation sites (N-methyl/N-ethyl adjacent to an activating group) is 1. The molecular weight excluding hydrogens is 250 g/mol. The number of aryl methyl sites for hydroxylation is 1. The molecule has 1 amide bonds. The first kappa shape index (κ1) is 15.0. The summed E-state index contributed by atoms with van der Waals surface area (Å²) in [6.45, 7) is 7.03. The number of hydrogen-bond donors (Lipinski definition) is 0. The molecule has 100 valence electrons. The number of carbonyl (C=O) groups excluding carboxylic acids is 1. The van der Waals surface area contributed by atoms with Crippen molar-refractivity contribution in [3.63, 3.8) is 0 Å². The largest absolute Gasteiger partial charge is 0.377 e. The summed E-state index contributed by atoms with van der Waals surface area (Å²) in [5, 5.41) is 0.648. The Bertz CT molecular complexity index is 420. The Labute approximate surface area is 114 Å². The van der Waals surface area contributed by atoms with Crippen LogP contribution in [-0.4, -0.2) is 37.1 Å². The van der Waals surface area contributed by atoms with Crippen molar-refractivity contribution < 1.29 is 9.53 Å². The van der Waals surface area contributed by atoms with Gasteiger partial charge in [0.2, 0.25) is 0 Å². The van der Waals surface area contributed by atoms with Gasteiger partial charge in [0.25, 0.3) is 5.91 Å². The summed E-state index contributed by atoms with van der Waals surface area (Å²) in [7, 11) is 1.78. The molecule has 0 aliphatic heterocycles. The summed E-state index contributed by atoms with van der Waals surface area (Å²) >= 11 is 5.88. The highest BCUT2D eigenvalue weighted by molar-refractivity contribution is 6.30. The summed E-state index contributed by atoms with van der Waals surface area (Å²) < 4.78 is 5.43. The van der Waals surface area contributed by atoms with Crippen LogP contribution >= 0.6 is 11.6 Å². The molecule has 4 heteroatoms. The Morgan fingerprint density at radius 3 is 2.72 bits per heavy atom. The SMILES string of the molecule is CCO[C@@H](C)CN(C)C(=O)c1ccc(Cl)cc1C. The summed E-state index contributed by atoms with van der Waals surface area (Å²) in [5.74, 6) is -0.00396. The minimum Gasteiger partial charge on any atom is -0.377 e. The molecule has 0 saturated heterocycles. The predicted octanol–water partition coefficient (Wildman–Crippen LogP) is 3.15. The van der Waals surface area contributed by atoms with Crippen LogP contribution in [-0.2, 0) is 4.74 Å².